The van der Waals surface area contributed by atoms with Crippen molar-refractivity contribution < 1.29 is 9.53 Å². The van der Waals surface area contributed by atoms with Crippen LogP contribution in [-0.4, -0.2) is 66.7 Å². The highest BCUT2D eigenvalue weighted by molar-refractivity contribution is 5.81. The highest BCUT2D eigenvalue weighted by Crippen LogP contribution is 2.33. The molecule has 0 spiro atoms. The van der Waals surface area contributed by atoms with Crippen LogP contribution in [0.1, 0.15) is 33.1 Å². The largest absolute Gasteiger partial charge is 0.465 e. The number of likely N-dealkylation sites (N-methyl/N-ethyl adjacent to an activating group) is 1. The zero-order chi connectivity index (χ0) is 14.0. The maximum absolute atomic E-state index is 11.9. The van der Waals surface area contributed by atoms with E-state index in [0.717, 1.165) is 38.9 Å². The van der Waals surface area contributed by atoms with Crippen molar-refractivity contribution in [2.45, 2.75) is 50.7 Å². The Morgan fingerprint density at radius 3 is 2.84 bits per heavy atom. The fourth-order valence-corrected chi connectivity index (χ4v) is 3.23. The molecule has 2 rings (SSSR count). The minimum absolute atomic E-state index is 0.223. The highest BCUT2D eigenvalue weighted by Gasteiger charge is 2.45. The number of piperazine rings is 1. The van der Waals surface area contributed by atoms with Gasteiger partial charge in [-0.05, 0) is 40.2 Å². The van der Waals surface area contributed by atoms with Gasteiger partial charge in [-0.15, -0.1) is 0 Å². The molecule has 1 heterocycles. The van der Waals surface area contributed by atoms with Gasteiger partial charge in [0, 0.05) is 31.7 Å². The molecule has 1 aliphatic heterocycles. The molecule has 1 saturated heterocycles. The van der Waals surface area contributed by atoms with E-state index in [1.807, 2.05) is 6.92 Å². The monoisotopic (exact) mass is 269 g/mol. The Hall–Kier alpha value is -0.650. The number of nitrogens with zero attached hydrogens (tertiary/aromatic N) is 2. The van der Waals surface area contributed by atoms with Crippen LogP contribution >= 0.6 is 0 Å². The molecule has 110 valence electrons. The SMILES string of the molecule is CCOC(=O)C1(N)CCC(N2CCN(C)C(C)C2)C1. The van der Waals surface area contributed by atoms with Crippen LogP contribution in [0.25, 0.3) is 0 Å². The molecule has 1 aliphatic carbocycles. The minimum Gasteiger partial charge on any atom is -0.465 e. The second kappa shape index (κ2) is 5.77. The van der Waals surface area contributed by atoms with Crippen LogP contribution < -0.4 is 5.73 Å². The normalized spacial score (nSPS) is 37.5. The topological polar surface area (TPSA) is 58.8 Å². The summed E-state index contributed by atoms with van der Waals surface area (Å²) in [6, 6.07) is 1.01. The Morgan fingerprint density at radius 2 is 2.21 bits per heavy atom. The first-order valence-corrected chi connectivity index (χ1v) is 7.36. The van der Waals surface area contributed by atoms with Gasteiger partial charge >= 0.3 is 5.97 Å². The molecule has 19 heavy (non-hydrogen) atoms. The lowest BCUT2D eigenvalue weighted by atomic mass is 9.98. The van der Waals surface area contributed by atoms with Crippen molar-refractivity contribution in [2.24, 2.45) is 5.73 Å². The van der Waals surface area contributed by atoms with E-state index in [-0.39, 0.29) is 5.97 Å². The molecule has 3 atom stereocenters. The van der Waals surface area contributed by atoms with Crippen molar-refractivity contribution in [1.29, 1.82) is 0 Å². The lowest BCUT2D eigenvalue weighted by Crippen LogP contribution is -2.54. The second-order valence-corrected chi connectivity index (χ2v) is 6.10. The number of carbonyl (C=O) groups is 1. The lowest BCUT2D eigenvalue weighted by molar-refractivity contribution is -0.149. The van der Waals surface area contributed by atoms with E-state index in [9.17, 15) is 4.79 Å². The van der Waals surface area contributed by atoms with Crippen LogP contribution in [0.2, 0.25) is 0 Å². The van der Waals surface area contributed by atoms with E-state index in [1.54, 1.807) is 0 Å². The molecule has 1 saturated carbocycles. The Morgan fingerprint density at radius 1 is 1.47 bits per heavy atom. The van der Waals surface area contributed by atoms with Gasteiger partial charge in [0.05, 0.1) is 6.61 Å². The zero-order valence-corrected chi connectivity index (χ0v) is 12.4. The van der Waals surface area contributed by atoms with E-state index in [2.05, 4.69) is 23.8 Å². The summed E-state index contributed by atoms with van der Waals surface area (Å²) < 4.78 is 5.11. The van der Waals surface area contributed by atoms with Gasteiger partial charge in [0.25, 0.3) is 0 Å². The predicted octanol–water partition coefficient (Wildman–Crippen LogP) is 0.435. The van der Waals surface area contributed by atoms with Crippen LogP contribution in [0.5, 0.6) is 0 Å². The Balaban J connectivity index is 1.93. The van der Waals surface area contributed by atoms with Crippen molar-refractivity contribution in [3.8, 4) is 0 Å². The molecule has 3 unspecified atom stereocenters. The number of hydrogen-bond donors (Lipinski definition) is 1. The second-order valence-electron chi connectivity index (χ2n) is 6.10. The van der Waals surface area contributed by atoms with E-state index in [1.165, 1.54) is 0 Å². The number of nitrogens with two attached hydrogens (primary N) is 1. The van der Waals surface area contributed by atoms with Gasteiger partial charge in [-0.25, -0.2) is 0 Å². The van der Waals surface area contributed by atoms with E-state index >= 15 is 0 Å². The molecular formula is C14H27N3O2. The molecule has 0 aromatic rings. The van der Waals surface area contributed by atoms with Gasteiger partial charge in [-0.2, -0.15) is 0 Å². The average molecular weight is 269 g/mol. The van der Waals surface area contributed by atoms with Crippen molar-refractivity contribution >= 4 is 5.97 Å². The molecule has 0 bridgehead atoms. The van der Waals surface area contributed by atoms with Gasteiger partial charge in [0.1, 0.15) is 5.54 Å². The summed E-state index contributed by atoms with van der Waals surface area (Å²) in [5.74, 6) is -0.223. The third-order valence-electron chi connectivity index (χ3n) is 4.71. The lowest BCUT2D eigenvalue weighted by Gasteiger charge is -2.41. The van der Waals surface area contributed by atoms with Crippen molar-refractivity contribution in [2.75, 3.05) is 33.3 Å². The van der Waals surface area contributed by atoms with Crippen LogP contribution in [0.15, 0.2) is 0 Å². The fraction of sp³-hybridized carbons (Fsp3) is 0.929. The van der Waals surface area contributed by atoms with Gasteiger partial charge in [-0.3, -0.25) is 9.69 Å². The third-order valence-corrected chi connectivity index (χ3v) is 4.71. The number of rotatable bonds is 3. The first-order valence-electron chi connectivity index (χ1n) is 7.36. The molecule has 0 amide bonds. The molecular weight excluding hydrogens is 242 g/mol. The molecule has 0 aromatic carbocycles. The smallest absolute Gasteiger partial charge is 0.326 e. The van der Waals surface area contributed by atoms with Crippen molar-refractivity contribution in [1.82, 2.24) is 9.80 Å². The first kappa shape index (κ1) is 14.8. The van der Waals surface area contributed by atoms with E-state index in [0.29, 0.717) is 18.7 Å². The summed E-state index contributed by atoms with van der Waals surface area (Å²) in [7, 11) is 2.17. The highest BCUT2D eigenvalue weighted by atomic mass is 16.5. The molecule has 0 aromatic heterocycles. The fourth-order valence-electron chi connectivity index (χ4n) is 3.23. The predicted molar refractivity (Wildman–Crippen MR) is 74.9 cm³/mol. The molecule has 0 radical (unpaired) electrons. The van der Waals surface area contributed by atoms with Crippen LogP contribution in [0.4, 0.5) is 0 Å². The maximum Gasteiger partial charge on any atom is 0.326 e. The standard InChI is InChI=1S/C14H27N3O2/c1-4-19-13(18)14(15)6-5-12(9-14)17-8-7-16(3)11(2)10-17/h11-12H,4-10,15H2,1-3H3. The molecule has 5 heteroatoms. The summed E-state index contributed by atoms with van der Waals surface area (Å²) in [5.41, 5.74) is 5.48. The van der Waals surface area contributed by atoms with Crippen molar-refractivity contribution in [3.05, 3.63) is 0 Å². The number of esters is 1. The summed E-state index contributed by atoms with van der Waals surface area (Å²) in [6.45, 7) is 7.73. The van der Waals surface area contributed by atoms with Gasteiger partial charge in [-0.1, -0.05) is 0 Å². The maximum atomic E-state index is 11.9. The van der Waals surface area contributed by atoms with Crippen LogP contribution in [-0.2, 0) is 9.53 Å². The average Bonchev–Trinajstić information content (AvgIpc) is 2.77. The molecule has 2 aliphatic rings. The summed E-state index contributed by atoms with van der Waals surface area (Å²) in [6.07, 6.45) is 2.49. The van der Waals surface area contributed by atoms with Gasteiger partial charge in [0.2, 0.25) is 0 Å². The van der Waals surface area contributed by atoms with Gasteiger partial charge in [0.15, 0.2) is 0 Å². The van der Waals surface area contributed by atoms with E-state index < -0.39 is 5.54 Å². The quantitative estimate of drug-likeness (QED) is 0.753. The van der Waals surface area contributed by atoms with E-state index in [4.69, 9.17) is 10.5 Å². The molecule has 2 N–H and O–H groups in total. The summed E-state index contributed by atoms with van der Waals surface area (Å²) in [5, 5.41) is 0. The van der Waals surface area contributed by atoms with Crippen LogP contribution in [0, 0.1) is 0 Å². The number of ether oxygens (including phenoxy) is 1. The zero-order valence-electron chi connectivity index (χ0n) is 12.4. The first-order chi connectivity index (χ1) is 8.96. The molecule has 2 fully saturated rings. The molecule has 5 nitrogen and oxygen atoms in total. The number of hydrogen-bond acceptors (Lipinski definition) is 5. The van der Waals surface area contributed by atoms with Gasteiger partial charge < -0.3 is 15.4 Å². The minimum atomic E-state index is -0.757. The summed E-state index contributed by atoms with van der Waals surface area (Å²) in [4.78, 5) is 16.8. The van der Waals surface area contributed by atoms with Crippen LogP contribution in [0.3, 0.4) is 0 Å². The van der Waals surface area contributed by atoms with Crippen molar-refractivity contribution in [3.63, 3.8) is 0 Å². The number of carbonyl (C=O) groups excluding carboxylic acids is 1. The Kier molecular flexibility index (Phi) is 4.48. The Labute approximate surface area is 116 Å². The third kappa shape index (κ3) is 3.09. The Bertz CT molecular complexity index is 337. The summed E-state index contributed by atoms with van der Waals surface area (Å²) >= 11 is 0.